The number of nitrogens with one attached hydrogen (secondary N) is 1. The minimum absolute atomic E-state index is 0.000183. The maximum absolute atomic E-state index is 13.5. The Balaban J connectivity index is 1.83. The number of thiocarbonyl (C=S) groups is 1. The lowest BCUT2D eigenvalue weighted by Gasteiger charge is -2.43. The molecule has 2 amide bonds. The fraction of sp³-hybridized carbons (Fsp3) is 0.321. The maximum atomic E-state index is 13.5. The van der Waals surface area contributed by atoms with Crippen molar-refractivity contribution in [3.63, 3.8) is 0 Å². The molecule has 0 spiro atoms. The summed E-state index contributed by atoms with van der Waals surface area (Å²) in [5.41, 5.74) is 6.51. The van der Waals surface area contributed by atoms with Crippen LogP contribution < -0.4 is 19.9 Å². The highest BCUT2D eigenvalue weighted by molar-refractivity contribution is 7.80. The summed E-state index contributed by atoms with van der Waals surface area (Å²) < 4.78 is 5.71. The quantitative estimate of drug-likeness (QED) is 0.365. The Kier molecular flexibility index (Phi) is 6.32. The Labute approximate surface area is 212 Å². The molecule has 0 bridgehead atoms. The Morgan fingerprint density at radius 1 is 1.09 bits per heavy atom. The Morgan fingerprint density at radius 3 is 2.43 bits per heavy atom. The van der Waals surface area contributed by atoms with Crippen molar-refractivity contribution in [2.45, 2.75) is 47.1 Å². The predicted octanol–water partition coefficient (Wildman–Crippen LogP) is 5.17. The largest absolute Gasteiger partial charge is 0.496 e. The summed E-state index contributed by atoms with van der Waals surface area (Å²) in [7, 11) is 1.59. The first-order valence-electron chi connectivity index (χ1n) is 11.7. The predicted molar refractivity (Wildman–Crippen MR) is 146 cm³/mol. The highest BCUT2D eigenvalue weighted by Gasteiger charge is 2.36. The maximum Gasteiger partial charge on any atom is 0.270 e. The molecule has 2 heterocycles. The van der Waals surface area contributed by atoms with Crippen LogP contribution in [0.25, 0.3) is 11.6 Å². The minimum atomic E-state index is -0.525. The van der Waals surface area contributed by atoms with Crippen LogP contribution in [0.3, 0.4) is 0 Å². The molecule has 2 aromatic rings. The van der Waals surface area contributed by atoms with Crippen molar-refractivity contribution in [3.05, 3.63) is 64.2 Å². The first-order valence-corrected chi connectivity index (χ1v) is 12.1. The molecule has 2 aromatic carbocycles. The fourth-order valence-corrected chi connectivity index (χ4v) is 5.18. The van der Waals surface area contributed by atoms with Crippen molar-refractivity contribution >= 4 is 52.2 Å². The van der Waals surface area contributed by atoms with E-state index in [1.165, 1.54) is 4.90 Å². The van der Waals surface area contributed by atoms with Crippen LogP contribution in [0.1, 0.15) is 49.9 Å². The lowest BCUT2D eigenvalue weighted by atomic mass is 9.87. The second kappa shape index (κ2) is 8.96. The normalized spacial score (nSPS) is 18.4. The zero-order valence-electron chi connectivity index (χ0n) is 21.3. The molecule has 7 heteroatoms. The van der Waals surface area contributed by atoms with Gasteiger partial charge >= 0.3 is 0 Å². The SMILES string of the molecule is CCN1c2cc(OC)c(/C=C3/C(=O)NC(=S)N(c4ccc(C)c(C)c4)C3=O)cc2C(C)=CC1(C)C. The van der Waals surface area contributed by atoms with Gasteiger partial charge in [0, 0.05) is 29.4 Å². The van der Waals surface area contributed by atoms with E-state index in [2.05, 4.69) is 44.0 Å². The summed E-state index contributed by atoms with van der Waals surface area (Å²) in [6, 6.07) is 9.63. The molecule has 0 atom stereocenters. The number of rotatable bonds is 4. The summed E-state index contributed by atoms with van der Waals surface area (Å²) in [5.74, 6) is -0.402. The molecule has 0 saturated carbocycles. The van der Waals surface area contributed by atoms with E-state index < -0.39 is 11.8 Å². The summed E-state index contributed by atoms with van der Waals surface area (Å²) in [5, 5.41) is 2.73. The minimum Gasteiger partial charge on any atom is -0.496 e. The van der Waals surface area contributed by atoms with Crippen molar-refractivity contribution in [1.82, 2.24) is 5.32 Å². The summed E-state index contributed by atoms with van der Waals surface area (Å²) in [4.78, 5) is 30.1. The van der Waals surface area contributed by atoms with Gasteiger partial charge in [-0.25, -0.2) is 0 Å². The molecule has 1 N–H and O–H groups in total. The highest BCUT2D eigenvalue weighted by atomic mass is 32.1. The van der Waals surface area contributed by atoms with Crippen LogP contribution in [-0.2, 0) is 9.59 Å². The summed E-state index contributed by atoms with van der Waals surface area (Å²) in [6.07, 6.45) is 3.83. The van der Waals surface area contributed by atoms with Gasteiger partial charge < -0.3 is 9.64 Å². The number of aryl methyl sites for hydroxylation is 2. The van der Waals surface area contributed by atoms with Gasteiger partial charge in [-0.2, -0.15) is 0 Å². The number of hydrogen-bond donors (Lipinski definition) is 1. The third-order valence-corrected chi connectivity index (χ3v) is 7.08. The molecule has 6 nitrogen and oxygen atoms in total. The molecule has 1 saturated heterocycles. The topological polar surface area (TPSA) is 61.9 Å². The number of benzene rings is 2. The third kappa shape index (κ3) is 4.25. The van der Waals surface area contributed by atoms with Crippen LogP contribution >= 0.6 is 12.2 Å². The molecule has 2 aliphatic rings. The number of amides is 2. The van der Waals surface area contributed by atoms with Gasteiger partial charge in [0.05, 0.1) is 18.3 Å². The number of carbonyl (C=O) groups excluding carboxylic acids is 2. The first-order chi connectivity index (χ1) is 16.5. The number of allylic oxidation sites excluding steroid dienone is 1. The standard InChI is InChI=1S/C28H31N3O3S/c1-8-30-23-14-24(34-7)19(12-21(23)18(4)15-28(30,5)6)13-22-25(32)29-27(35)31(26(22)33)20-10-9-16(2)17(3)11-20/h9-15H,8H2,1-7H3,(H,29,32,35)/b22-13-. The van der Waals surface area contributed by atoms with Gasteiger partial charge in [-0.05, 0) is 94.7 Å². The average Bonchev–Trinajstić information content (AvgIpc) is 2.78. The molecule has 4 rings (SSSR count). The van der Waals surface area contributed by atoms with E-state index in [0.29, 0.717) is 17.0 Å². The molecule has 1 fully saturated rings. The number of methoxy groups -OCH3 is 1. The van der Waals surface area contributed by atoms with Crippen LogP contribution in [-0.4, -0.2) is 36.1 Å². The van der Waals surface area contributed by atoms with E-state index in [0.717, 1.165) is 34.5 Å². The van der Waals surface area contributed by atoms with Crippen LogP contribution in [0.5, 0.6) is 5.75 Å². The summed E-state index contributed by atoms with van der Waals surface area (Å²) >= 11 is 5.36. The Morgan fingerprint density at radius 2 is 1.80 bits per heavy atom. The number of likely N-dealkylation sites (N-methyl/N-ethyl adjacent to an activating group) is 1. The van der Waals surface area contributed by atoms with Crippen molar-refractivity contribution in [3.8, 4) is 5.75 Å². The number of anilines is 2. The van der Waals surface area contributed by atoms with Crippen molar-refractivity contribution in [2.24, 2.45) is 0 Å². The molecule has 0 radical (unpaired) electrons. The monoisotopic (exact) mass is 489 g/mol. The smallest absolute Gasteiger partial charge is 0.270 e. The van der Waals surface area contributed by atoms with Crippen molar-refractivity contribution in [1.29, 1.82) is 0 Å². The van der Waals surface area contributed by atoms with E-state index >= 15 is 0 Å². The summed E-state index contributed by atoms with van der Waals surface area (Å²) in [6.45, 7) is 13.4. The highest BCUT2D eigenvalue weighted by Crippen LogP contribution is 2.42. The molecule has 2 aliphatic heterocycles. The van der Waals surface area contributed by atoms with Gasteiger partial charge in [0.2, 0.25) is 0 Å². The molecule has 0 aromatic heterocycles. The molecule has 35 heavy (non-hydrogen) atoms. The molecule has 0 unspecified atom stereocenters. The van der Waals surface area contributed by atoms with Gasteiger partial charge in [0.1, 0.15) is 11.3 Å². The fourth-order valence-electron chi connectivity index (χ4n) is 4.90. The molecule has 182 valence electrons. The van der Waals surface area contributed by atoms with Crippen LogP contribution in [0.2, 0.25) is 0 Å². The van der Waals surface area contributed by atoms with E-state index in [1.54, 1.807) is 13.2 Å². The van der Waals surface area contributed by atoms with Crippen LogP contribution in [0, 0.1) is 13.8 Å². The van der Waals surface area contributed by atoms with Gasteiger partial charge in [-0.15, -0.1) is 0 Å². The van der Waals surface area contributed by atoms with Crippen molar-refractivity contribution in [2.75, 3.05) is 23.5 Å². The lowest BCUT2D eigenvalue weighted by molar-refractivity contribution is -0.122. The number of nitrogens with zero attached hydrogens (tertiary/aromatic N) is 2. The molecular weight excluding hydrogens is 458 g/mol. The Hall–Kier alpha value is -3.45. The molecular formula is C28H31N3O3S. The average molecular weight is 490 g/mol. The van der Waals surface area contributed by atoms with E-state index in [-0.39, 0.29) is 16.2 Å². The second-order valence-corrected chi connectivity index (χ2v) is 9.95. The lowest BCUT2D eigenvalue weighted by Crippen LogP contribution is -2.54. The van der Waals surface area contributed by atoms with Crippen molar-refractivity contribution < 1.29 is 14.3 Å². The Bertz CT molecular complexity index is 1320. The van der Waals surface area contributed by atoms with E-state index in [9.17, 15) is 9.59 Å². The zero-order valence-corrected chi connectivity index (χ0v) is 22.1. The van der Waals surface area contributed by atoms with Gasteiger partial charge in [-0.3, -0.25) is 19.8 Å². The van der Waals surface area contributed by atoms with Gasteiger partial charge in [-0.1, -0.05) is 12.1 Å². The number of carbonyl (C=O) groups is 2. The van der Waals surface area contributed by atoms with Crippen LogP contribution in [0.4, 0.5) is 11.4 Å². The third-order valence-electron chi connectivity index (χ3n) is 6.80. The van der Waals surface area contributed by atoms with E-state index in [1.807, 2.05) is 44.2 Å². The first kappa shape index (κ1) is 24.7. The van der Waals surface area contributed by atoms with Gasteiger partial charge in [0.25, 0.3) is 11.8 Å². The van der Waals surface area contributed by atoms with Crippen LogP contribution in [0.15, 0.2) is 42.0 Å². The number of fused-ring (bicyclic) bond motifs is 1. The number of hydrogen-bond acceptors (Lipinski definition) is 5. The van der Waals surface area contributed by atoms with E-state index in [4.69, 9.17) is 17.0 Å². The molecule has 0 aliphatic carbocycles. The van der Waals surface area contributed by atoms with Gasteiger partial charge in [0.15, 0.2) is 5.11 Å². The second-order valence-electron chi connectivity index (χ2n) is 9.56. The zero-order chi connectivity index (χ0) is 25.7. The number of ether oxygens (including phenoxy) is 1.